The Morgan fingerprint density at radius 3 is 2.53 bits per heavy atom. The van der Waals surface area contributed by atoms with E-state index in [2.05, 4.69) is 30.8 Å². The minimum Gasteiger partial charge on any atom is -0.493 e. The quantitative estimate of drug-likeness (QED) is 0.345. The van der Waals surface area contributed by atoms with E-state index in [4.69, 9.17) is 15.2 Å². The third-order valence-electron chi connectivity index (χ3n) is 4.56. The first-order valence-electron chi connectivity index (χ1n) is 9.69. The van der Waals surface area contributed by atoms with Gasteiger partial charge in [0.15, 0.2) is 11.5 Å². The van der Waals surface area contributed by atoms with Crippen molar-refractivity contribution in [1.29, 1.82) is 0 Å². The number of amides is 1. The molecule has 0 aliphatic carbocycles. The molecule has 11 heteroatoms. The molecule has 0 atom stereocenters. The summed E-state index contributed by atoms with van der Waals surface area (Å²) in [6, 6.07) is 13.1. The molecule has 32 heavy (non-hydrogen) atoms. The summed E-state index contributed by atoms with van der Waals surface area (Å²) in [5.41, 5.74) is 7.62. The molecule has 1 amide bonds. The average Bonchev–Trinajstić information content (AvgIpc) is 3.32. The van der Waals surface area contributed by atoms with E-state index in [1.165, 1.54) is 11.3 Å². The Morgan fingerprint density at radius 2 is 1.78 bits per heavy atom. The van der Waals surface area contributed by atoms with Crippen LogP contribution < -0.4 is 25.8 Å². The lowest BCUT2D eigenvalue weighted by Crippen LogP contribution is -2.29. The van der Waals surface area contributed by atoms with Crippen molar-refractivity contribution in [2.75, 3.05) is 38.4 Å². The van der Waals surface area contributed by atoms with Gasteiger partial charge in [-0.15, -0.1) is 10.2 Å². The lowest BCUT2D eigenvalue weighted by molar-refractivity contribution is 0.0954. The number of nitrogen functional groups attached to an aromatic ring is 1. The van der Waals surface area contributed by atoms with Crippen LogP contribution in [-0.2, 0) is 0 Å². The largest absolute Gasteiger partial charge is 0.493 e. The van der Waals surface area contributed by atoms with Gasteiger partial charge in [0.1, 0.15) is 10.8 Å². The van der Waals surface area contributed by atoms with E-state index in [1.807, 2.05) is 30.3 Å². The molecule has 4 rings (SSSR count). The van der Waals surface area contributed by atoms with E-state index in [0.717, 1.165) is 5.56 Å². The molecule has 10 nitrogen and oxygen atoms in total. The highest BCUT2D eigenvalue weighted by Gasteiger charge is 2.14. The molecule has 4 aromatic rings. The van der Waals surface area contributed by atoms with Gasteiger partial charge in [0.2, 0.25) is 11.0 Å². The van der Waals surface area contributed by atoms with Crippen molar-refractivity contribution >= 4 is 39.9 Å². The Morgan fingerprint density at radius 1 is 1.03 bits per heavy atom. The van der Waals surface area contributed by atoms with Gasteiger partial charge in [-0.05, 0) is 6.07 Å². The number of carbonyl (C=O) groups excluding carboxylic acids is 1. The van der Waals surface area contributed by atoms with Crippen LogP contribution in [-0.4, -0.2) is 53.4 Å². The Bertz CT molecular complexity index is 1250. The normalized spacial score (nSPS) is 10.7. The standard InChI is InChI=1S/C21H21N7O3S/c1-30-15-10-13-14(11-16(15)31-2)25-21(26-17(13)22)24-9-8-23-18(29)20-28-27-19(32-20)12-6-4-3-5-7-12/h3-7,10-11H,8-9H2,1-2H3,(H,23,29)(H3,22,24,25,26). The molecule has 0 aliphatic heterocycles. The summed E-state index contributed by atoms with van der Waals surface area (Å²) < 4.78 is 10.6. The molecule has 2 heterocycles. The molecule has 0 aliphatic rings. The number of rotatable bonds is 8. The van der Waals surface area contributed by atoms with Crippen molar-refractivity contribution in [3.05, 3.63) is 47.5 Å². The van der Waals surface area contributed by atoms with Gasteiger partial charge < -0.3 is 25.8 Å². The molecule has 0 spiro atoms. The van der Waals surface area contributed by atoms with Crippen LogP contribution >= 0.6 is 11.3 Å². The highest BCUT2D eigenvalue weighted by molar-refractivity contribution is 7.16. The third-order valence-corrected chi connectivity index (χ3v) is 5.54. The van der Waals surface area contributed by atoms with Crippen LogP contribution in [0.2, 0.25) is 0 Å². The number of nitrogens with one attached hydrogen (secondary N) is 2. The summed E-state index contributed by atoms with van der Waals surface area (Å²) >= 11 is 1.24. The minimum absolute atomic E-state index is 0.290. The molecule has 0 radical (unpaired) electrons. The zero-order chi connectivity index (χ0) is 22.5. The topological polar surface area (TPSA) is 137 Å². The summed E-state index contributed by atoms with van der Waals surface area (Å²) in [6.45, 7) is 0.737. The number of anilines is 2. The number of ether oxygens (including phenoxy) is 2. The second-order valence-electron chi connectivity index (χ2n) is 6.62. The number of fused-ring (bicyclic) bond motifs is 1. The second-order valence-corrected chi connectivity index (χ2v) is 7.60. The molecule has 0 fully saturated rings. The zero-order valence-electron chi connectivity index (χ0n) is 17.5. The predicted molar refractivity (Wildman–Crippen MR) is 123 cm³/mol. The van der Waals surface area contributed by atoms with Gasteiger partial charge in [-0.25, -0.2) is 4.98 Å². The molecule has 164 valence electrons. The smallest absolute Gasteiger partial charge is 0.282 e. The number of nitrogens with two attached hydrogens (primary N) is 1. The van der Waals surface area contributed by atoms with Gasteiger partial charge in [-0.1, -0.05) is 41.7 Å². The average molecular weight is 452 g/mol. The third kappa shape index (κ3) is 4.52. The van der Waals surface area contributed by atoms with E-state index < -0.39 is 0 Å². The maximum atomic E-state index is 12.4. The number of aromatic nitrogens is 4. The van der Waals surface area contributed by atoms with Gasteiger partial charge in [0.05, 0.1) is 19.7 Å². The summed E-state index contributed by atoms with van der Waals surface area (Å²) in [5.74, 6) is 1.46. The predicted octanol–water partition coefficient (Wildman–Crippen LogP) is 2.59. The number of nitrogens with zero attached hydrogens (tertiary/aromatic N) is 4. The molecular formula is C21H21N7O3S. The first-order chi connectivity index (χ1) is 15.6. The van der Waals surface area contributed by atoms with Gasteiger partial charge in [-0.3, -0.25) is 4.79 Å². The molecule has 0 saturated heterocycles. The molecule has 2 aromatic carbocycles. The Labute approximate surface area is 187 Å². The second kappa shape index (κ2) is 9.43. The summed E-state index contributed by atoms with van der Waals surface area (Å²) in [7, 11) is 3.10. The highest BCUT2D eigenvalue weighted by Crippen LogP contribution is 2.33. The van der Waals surface area contributed by atoms with Crippen LogP contribution in [0.15, 0.2) is 42.5 Å². The van der Waals surface area contributed by atoms with Crippen LogP contribution in [0.1, 0.15) is 9.80 Å². The van der Waals surface area contributed by atoms with Crippen LogP contribution in [0.25, 0.3) is 21.5 Å². The van der Waals surface area contributed by atoms with Gasteiger partial charge >= 0.3 is 0 Å². The monoisotopic (exact) mass is 451 g/mol. The fraction of sp³-hybridized carbons (Fsp3) is 0.190. The lowest BCUT2D eigenvalue weighted by atomic mass is 10.2. The van der Waals surface area contributed by atoms with Gasteiger partial charge in [0, 0.05) is 30.1 Å². The number of benzene rings is 2. The van der Waals surface area contributed by atoms with E-state index >= 15 is 0 Å². The number of hydrogen-bond acceptors (Lipinski definition) is 10. The molecule has 4 N–H and O–H groups in total. The highest BCUT2D eigenvalue weighted by atomic mass is 32.1. The van der Waals surface area contributed by atoms with E-state index in [9.17, 15) is 4.79 Å². The summed E-state index contributed by atoms with van der Waals surface area (Å²) in [5, 5.41) is 15.6. The van der Waals surface area contributed by atoms with Gasteiger partial charge in [-0.2, -0.15) is 4.98 Å². The number of hydrogen-bond donors (Lipinski definition) is 3. The molecule has 0 saturated carbocycles. The number of carbonyl (C=O) groups is 1. The fourth-order valence-corrected chi connectivity index (χ4v) is 3.76. The van der Waals surface area contributed by atoms with E-state index in [1.54, 1.807) is 26.4 Å². The lowest BCUT2D eigenvalue weighted by Gasteiger charge is -2.11. The summed E-state index contributed by atoms with van der Waals surface area (Å²) in [4.78, 5) is 21.1. The fourth-order valence-electron chi connectivity index (χ4n) is 3.00. The Kier molecular flexibility index (Phi) is 6.26. The Balaban J connectivity index is 1.36. The SMILES string of the molecule is COc1cc2nc(NCCNC(=O)c3nnc(-c4ccccc4)s3)nc(N)c2cc1OC. The molecule has 2 aromatic heterocycles. The molecule has 0 unspecified atom stereocenters. The van der Waals surface area contributed by atoms with Crippen molar-refractivity contribution < 1.29 is 14.3 Å². The maximum absolute atomic E-state index is 12.4. The number of methoxy groups -OCH3 is 2. The van der Waals surface area contributed by atoms with Crippen molar-refractivity contribution in [1.82, 2.24) is 25.5 Å². The molecule has 0 bridgehead atoms. The van der Waals surface area contributed by atoms with Gasteiger partial charge in [0.25, 0.3) is 5.91 Å². The van der Waals surface area contributed by atoms with Crippen LogP contribution in [0.5, 0.6) is 11.5 Å². The van der Waals surface area contributed by atoms with Crippen LogP contribution in [0.3, 0.4) is 0 Å². The van der Waals surface area contributed by atoms with Crippen molar-refractivity contribution in [2.45, 2.75) is 0 Å². The first kappa shape index (κ1) is 21.2. The molecular weight excluding hydrogens is 430 g/mol. The van der Waals surface area contributed by atoms with E-state index in [0.29, 0.717) is 57.3 Å². The Hall–Kier alpha value is -3.99. The first-order valence-corrected chi connectivity index (χ1v) is 10.5. The van der Waals surface area contributed by atoms with Crippen molar-refractivity contribution in [3.8, 4) is 22.1 Å². The minimum atomic E-state index is -0.290. The van der Waals surface area contributed by atoms with Crippen LogP contribution in [0, 0.1) is 0 Å². The zero-order valence-corrected chi connectivity index (χ0v) is 18.3. The summed E-state index contributed by atoms with van der Waals surface area (Å²) in [6.07, 6.45) is 0. The maximum Gasteiger partial charge on any atom is 0.282 e. The van der Waals surface area contributed by atoms with Crippen LogP contribution in [0.4, 0.5) is 11.8 Å². The van der Waals surface area contributed by atoms with E-state index in [-0.39, 0.29) is 5.91 Å². The van der Waals surface area contributed by atoms with Crippen molar-refractivity contribution in [3.63, 3.8) is 0 Å². The van der Waals surface area contributed by atoms with Crippen molar-refractivity contribution in [2.24, 2.45) is 0 Å².